The average molecular weight is 227 g/mol. The molecule has 0 aliphatic carbocycles. The monoisotopic (exact) mass is 227 g/mol. The van der Waals surface area contributed by atoms with E-state index in [0.717, 1.165) is 0 Å². The smallest absolute Gasteiger partial charge is 0.241 e. The lowest BCUT2D eigenvalue weighted by Gasteiger charge is -2.18. The second kappa shape index (κ2) is 3.32. The molecule has 1 heterocycles. The third kappa shape index (κ3) is 1.73. The van der Waals surface area contributed by atoms with Gasteiger partial charge in [0.2, 0.25) is 10.0 Å². The summed E-state index contributed by atoms with van der Waals surface area (Å²) in [6.45, 7) is 0.193. The van der Waals surface area contributed by atoms with Gasteiger partial charge in [0.15, 0.2) is 5.78 Å². The van der Waals surface area contributed by atoms with Gasteiger partial charge in [0.05, 0.1) is 12.2 Å². The summed E-state index contributed by atoms with van der Waals surface area (Å²) in [7, 11) is -3.84. The number of primary sulfonamides is 1. The zero-order valence-corrected chi connectivity index (χ0v) is 8.58. The summed E-state index contributed by atoms with van der Waals surface area (Å²) in [5.74, 6) is -0.0435. The fourth-order valence-electron chi connectivity index (χ4n) is 1.49. The lowest BCUT2D eigenvalue weighted by molar-refractivity contribution is 0.0931. The molecule has 1 aromatic rings. The van der Waals surface area contributed by atoms with Gasteiger partial charge in [-0.1, -0.05) is 6.07 Å². The normalized spacial score (nSPS) is 15.7. The van der Waals surface area contributed by atoms with Crippen molar-refractivity contribution in [3.8, 4) is 5.75 Å². The Bertz CT molecular complexity index is 521. The zero-order valence-electron chi connectivity index (χ0n) is 7.76. The maximum atomic E-state index is 11.4. The van der Waals surface area contributed by atoms with Crippen molar-refractivity contribution >= 4 is 15.8 Å². The third-order valence-electron chi connectivity index (χ3n) is 2.16. The molecule has 1 aliphatic heterocycles. The van der Waals surface area contributed by atoms with Crippen LogP contribution in [-0.2, 0) is 10.0 Å². The van der Waals surface area contributed by atoms with Crippen LogP contribution in [0, 0.1) is 0 Å². The molecule has 80 valence electrons. The molecule has 1 aliphatic rings. The van der Waals surface area contributed by atoms with Crippen molar-refractivity contribution < 1.29 is 17.9 Å². The van der Waals surface area contributed by atoms with Gasteiger partial charge < -0.3 is 4.74 Å². The van der Waals surface area contributed by atoms with E-state index in [1.165, 1.54) is 18.2 Å². The van der Waals surface area contributed by atoms with Crippen molar-refractivity contribution in [2.45, 2.75) is 11.3 Å². The molecule has 5 nitrogen and oxygen atoms in total. The van der Waals surface area contributed by atoms with Crippen molar-refractivity contribution in [2.24, 2.45) is 5.14 Å². The summed E-state index contributed by atoms with van der Waals surface area (Å²) in [5, 5.41) is 5.01. The van der Waals surface area contributed by atoms with Crippen LogP contribution in [0.15, 0.2) is 23.1 Å². The number of rotatable bonds is 1. The Labute approximate surface area is 86.9 Å². The number of ether oxygens (including phenoxy) is 1. The molecule has 0 saturated heterocycles. The number of nitrogens with two attached hydrogens (primary N) is 1. The molecule has 0 fully saturated rings. The van der Waals surface area contributed by atoms with Crippen molar-refractivity contribution in [3.63, 3.8) is 0 Å². The second-order valence-corrected chi connectivity index (χ2v) is 4.73. The molecule has 0 unspecified atom stereocenters. The van der Waals surface area contributed by atoms with Crippen LogP contribution < -0.4 is 9.88 Å². The van der Waals surface area contributed by atoms with Crippen LogP contribution in [0.5, 0.6) is 5.75 Å². The first kappa shape index (κ1) is 10.1. The van der Waals surface area contributed by atoms with Crippen molar-refractivity contribution in [2.75, 3.05) is 6.61 Å². The molecule has 2 rings (SSSR count). The minimum absolute atomic E-state index is 0.0799. The van der Waals surface area contributed by atoms with Crippen LogP contribution in [0.2, 0.25) is 0 Å². The molecule has 0 amide bonds. The first-order valence-corrected chi connectivity index (χ1v) is 5.86. The number of Topliss-reactive ketones (excluding diaryl/α,β-unsaturated/α-hetero) is 1. The average Bonchev–Trinajstić information content (AvgIpc) is 2.16. The molecule has 0 aromatic heterocycles. The number of sulfonamides is 1. The Morgan fingerprint density at radius 1 is 1.33 bits per heavy atom. The van der Waals surface area contributed by atoms with E-state index in [4.69, 9.17) is 9.88 Å². The highest BCUT2D eigenvalue weighted by molar-refractivity contribution is 7.89. The molecular formula is C9H9NO4S. The van der Waals surface area contributed by atoms with Gasteiger partial charge in [0.25, 0.3) is 0 Å². The lowest BCUT2D eigenvalue weighted by atomic mass is 10.1. The second-order valence-electron chi connectivity index (χ2n) is 3.20. The quantitative estimate of drug-likeness (QED) is 0.747. The predicted octanol–water partition coefficient (Wildman–Crippen LogP) is 0.299. The first-order chi connectivity index (χ1) is 7.00. The third-order valence-corrected chi connectivity index (χ3v) is 3.10. The SMILES string of the molecule is NS(=O)(=O)c1cccc2c1OCCC2=O. The zero-order chi connectivity index (χ0) is 11.1. The number of carbonyl (C=O) groups is 1. The molecule has 0 saturated carbocycles. The molecule has 0 spiro atoms. The van der Waals surface area contributed by atoms with Crippen LogP contribution in [-0.4, -0.2) is 20.8 Å². The Morgan fingerprint density at radius 2 is 2.07 bits per heavy atom. The number of ketones is 1. The highest BCUT2D eigenvalue weighted by atomic mass is 32.2. The van der Waals surface area contributed by atoms with Crippen LogP contribution in [0.3, 0.4) is 0 Å². The molecule has 6 heteroatoms. The number of para-hydroxylation sites is 1. The summed E-state index contributed by atoms with van der Waals surface area (Å²) >= 11 is 0. The van der Waals surface area contributed by atoms with E-state index in [2.05, 4.69) is 0 Å². The van der Waals surface area contributed by atoms with E-state index in [-0.39, 0.29) is 35.0 Å². The fourth-order valence-corrected chi connectivity index (χ4v) is 2.18. The van der Waals surface area contributed by atoms with E-state index in [1.54, 1.807) is 0 Å². The van der Waals surface area contributed by atoms with Gasteiger partial charge >= 0.3 is 0 Å². The Hall–Kier alpha value is -1.40. The minimum atomic E-state index is -3.84. The highest BCUT2D eigenvalue weighted by Gasteiger charge is 2.25. The van der Waals surface area contributed by atoms with Crippen molar-refractivity contribution in [1.29, 1.82) is 0 Å². The number of hydrogen-bond donors (Lipinski definition) is 1. The van der Waals surface area contributed by atoms with Crippen LogP contribution in [0.25, 0.3) is 0 Å². The first-order valence-electron chi connectivity index (χ1n) is 4.32. The number of hydrogen-bond acceptors (Lipinski definition) is 4. The highest BCUT2D eigenvalue weighted by Crippen LogP contribution is 2.31. The van der Waals surface area contributed by atoms with Gasteiger partial charge in [0.1, 0.15) is 10.6 Å². The summed E-state index contributed by atoms with van der Waals surface area (Å²) < 4.78 is 27.6. The maximum absolute atomic E-state index is 11.4. The Balaban J connectivity index is 2.70. The van der Waals surface area contributed by atoms with Crippen molar-refractivity contribution in [1.82, 2.24) is 0 Å². The molecule has 0 radical (unpaired) electrons. The van der Waals surface area contributed by atoms with Crippen LogP contribution in [0.1, 0.15) is 16.8 Å². The van der Waals surface area contributed by atoms with Gasteiger partial charge in [-0.15, -0.1) is 0 Å². The van der Waals surface area contributed by atoms with E-state index in [1.807, 2.05) is 0 Å². The maximum Gasteiger partial charge on any atom is 0.241 e. The minimum Gasteiger partial charge on any atom is -0.491 e. The summed E-state index contributed by atoms with van der Waals surface area (Å²) in [4.78, 5) is 11.3. The number of benzene rings is 1. The molecule has 0 atom stereocenters. The van der Waals surface area contributed by atoms with Gasteiger partial charge in [-0.3, -0.25) is 4.79 Å². The number of fused-ring (bicyclic) bond motifs is 1. The Morgan fingerprint density at radius 3 is 2.73 bits per heavy atom. The van der Waals surface area contributed by atoms with Gasteiger partial charge in [-0.05, 0) is 12.1 Å². The lowest BCUT2D eigenvalue weighted by Crippen LogP contribution is -2.20. The van der Waals surface area contributed by atoms with E-state index in [0.29, 0.717) is 0 Å². The number of carbonyl (C=O) groups excluding carboxylic acids is 1. The van der Waals surface area contributed by atoms with Gasteiger partial charge in [-0.25, -0.2) is 13.6 Å². The fraction of sp³-hybridized carbons (Fsp3) is 0.222. The summed E-state index contributed by atoms with van der Waals surface area (Å²) in [5.41, 5.74) is 0.285. The molecule has 15 heavy (non-hydrogen) atoms. The van der Waals surface area contributed by atoms with E-state index in [9.17, 15) is 13.2 Å². The predicted molar refractivity (Wildman–Crippen MR) is 52.3 cm³/mol. The summed E-state index contributed by atoms with van der Waals surface area (Å²) in [6.07, 6.45) is 0.265. The molecular weight excluding hydrogens is 218 g/mol. The molecule has 0 bridgehead atoms. The van der Waals surface area contributed by atoms with Crippen LogP contribution >= 0.6 is 0 Å². The van der Waals surface area contributed by atoms with E-state index < -0.39 is 10.0 Å². The molecule has 1 aromatic carbocycles. The van der Waals surface area contributed by atoms with E-state index >= 15 is 0 Å². The molecule has 2 N–H and O–H groups in total. The van der Waals surface area contributed by atoms with Crippen molar-refractivity contribution in [3.05, 3.63) is 23.8 Å². The largest absolute Gasteiger partial charge is 0.491 e. The van der Waals surface area contributed by atoms with Crippen LogP contribution in [0.4, 0.5) is 0 Å². The van der Waals surface area contributed by atoms with Gasteiger partial charge in [0, 0.05) is 6.42 Å². The topological polar surface area (TPSA) is 86.5 Å². The standard InChI is InChI=1S/C9H9NO4S/c10-15(12,13)8-3-1-2-6-7(11)4-5-14-9(6)8/h1-3H,4-5H2,(H2,10,12,13). The van der Waals surface area contributed by atoms with Gasteiger partial charge in [-0.2, -0.15) is 0 Å². The Kier molecular flexibility index (Phi) is 2.24. The summed E-state index contributed by atoms with van der Waals surface area (Å²) in [6, 6.07) is 4.34.